The lowest BCUT2D eigenvalue weighted by atomic mass is 10.2. The van der Waals surface area contributed by atoms with Crippen LogP contribution in [0.15, 0.2) is 36.5 Å². The first-order chi connectivity index (χ1) is 9.24. The monoisotopic (exact) mass is 255 g/mol. The van der Waals surface area contributed by atoms with Gasteiger partial charge in [0.05, 0.1) is 18.7 Å². The number of anilines is 1. The van der Waals surface area contributed by atoms with Crippen molar-refractivity contribution >= 4 is 5.82 Å². The van der Waals surface area contributed by atoms with Gasteiger partial charge in [0.2, 0.25) is 0 Å². The maximum absolute atomic E-state index is 8.82. The highest BCUT2D eigenvalue weighted by Gasteiger charge is 2.07. The van der Waals surface area contributed by atoms with Gasteiger partial charge < -0.3 is 15.2 Å². The number of rotatable bonds is 4. The lowest BCUT2D eigenvalue weighted by molar-refractivity contribution is 0.284. The Morgan fingerprint density at radius 2 is 2.16 bits per heavy atom. The molecule has 0 amide bonds. The van der Waals surface area contributed by atoms with Crippen molar-refractivity contribution in [2.75, 3.05) is 12.8 Å². The molecule has 0 fully saturated rings. The average molecular weight is 255 g/mol. The van der Waals surface area contributed by atoms with E-state index in [-0.39, 0.29) is 0 Å². The van der Waals surface area contributed by atoms with Crippen LogP contribution in [0, 0.1) is 11.3 Å². The predicted molar refractivity (Wildman–Crippen MR) is 70.7 cm³/mol. The summed E-state index contributed by atoms with van der Waals surface area (Å²) in [6, 6.07) is 10.7. The van der Waals surface area contributed by atoms with Gasteiger partial charge in [-0.15, -0.1) is 0 Å². The molecule has 0 radical (unpaired) electrons. The standard InChI is InChI=1S/C14H13N3O2/c1-18-13-7-10(8-15)4-5-12(13)19-9-11-3-2-6-17-14(11)16/h2-7H,9H2,1H3,(H2,16,17). The van der Waals surface area contributed by atoms with Crippen molar-refractivity contribution in [2.24, 2.45) is 0 Å². The second kappa shape index (κ2) is 5.74. The summed E-state index contributed by atoms with van der Waals surface area (Å²) >= 11 is 0. The summed E-state index contributed by atoms with van der Waals surface area (Å²) in [6.07, 6.45) is 1.63. The normalized spacial score (nSPS) is 9.68. The SMILES string of the molecule is COc1cc(C#N)ccc1OCc1cccnc1N. The van der Waals surface area contributed by atoms with E-state index in [0.29, 0.717) is 29.5 Å². The smallest absolute Gasteiger partial charge is 0.162 e. The molecule has 0 unspecified atom stereocenters. The van der Waals surface area contributed by atoms with Gasteiger partial charge in [0.1, 0.15) is 12.4 Å². The van der Waals surface area contributed by atoms with Gasteiger partial charge in [-0.2, -0.15) is 5.26 Å². The minimum absolute atomic E-state index is 0.294. The van der Waals surface area contributed by atoms with Gasteiger partial charge in [0.15, 0.2) is 11.5 Å². The van der Waals surface area contributed by atoms with Gasteiger partial charge in [-0.3, -0.25) is 0 Å². The van der Waals surface area contributed by atoms with Crippen LogP contribution in [0.3, 0.4) is 0 Å². The van der Waals surface area contributed by atoms with Crippen LogP contribution >= 0.6 is 0 Å². The summed E-state index contributed by atoms with van der Waals surface area (Å²) in [5, 5.41) is 8.82. The average Bonchev–Trinajstić information content (AvgIpc) is 2.46. The van der Waals surface area contributed by atoms with E-state index in [9.17, 15) is 0 Å². The van der Waals surface area contributed by atoms with Gasteiger partial charge >= 0.3 is 0 Å². The Bertz CT molecular complexity index is 620. The number of nitriles is 1. The number of aromatic nitrogens is 1. The third-order valence-corrected chi connectivity index (χ3v) is 2.60. The molecular formula is C14H13N3O2. The Morgan fingerprint density at radius 1 is 1.32 bits per heavy atom. The van der Waals surface area contributed by atoms with E-state index in [1.165, 1.54) is 7.11 Å². The first-order valence-electron chi connectivity index (χ1n) is 5.65. The highest BCUT2D eigenvalue weighted by molar-refractivity contribution is 5.47. The van der Waals surface area contributed by atoms with Crippen LogP contribution < -0.4 is 15.2 Å². The van der Waals surface area contributed by atoms with E-state index in [0.717, 1.165) is 5.56 Å². The fourth-order valence-electron chi connectivity index (χ4n) is 1.58. The van der Waals surface area contributed by atoms with Crippen molar-refractivity contribution in [3.8, 4) is 17.6 Å². The molecule has 1 heterocycles. The summed E-state index contributed by atoms with van der Waals surface area (Å²) in [5.41, 5.74) is 7.05. The van der Waals surface area contributed by atoms with Gasteiger partial charge in [0.25, 0.3) is 0 Å². The number of pyridine rings is 1. The molecule has 5 heteroatoms. The molecule has 0 saturated carbocycles. The van der Waals surface area contributed by atoms with Gasteiger partial charge in [0, 0.05) is 17.8 Å². The van der Waals surface area contributed by atoms with Crippen LogP contribution in [0.2, 0.25) is 0 Å². The lowest BCUT2D eigenvalue weighted by Gasteiger charge is -2.11. The Kier molecular flexibility index (Phi) is 3.84. The van der Waals surface area contributed by atoms with Crippen molar-refractivity contribution in [3.05, 3.63) is 47.7 Å². The van der Waals surface area contributed by atoms with Gasteiger partial charge in [-0.1, -0.05) is 6.07 Å². The Labute approximate surface area is 111 Å². The van der Waals surface area contributed by atoms with Crippen molar-refractivity contribution < 1.29 is 9.47 Å². The molecule has 2 rings (SSSR count). The number of nitrogens with two attached hydrogens (primary N) is 1. The molecule has 2 N–H and O–H groups in total. The molecule has 0 bridgehead atoms. The second-order valence-electron chi connectivity index (χ2n) is 3.81. The van der Waals surface area contributed by atoms with E-state index in [1.807, 2.05) is 12.1 Å². The highest BCUT2D eigenvalue weighted by Crippen LogP contribution is 2.28. The number of methoxy groups -OCH3 is 1. The molecule has 0 aliphatic rings. The van der Waals surface area contributed by atoms with Gasteiger partial charge in [-0.25, -0.2) is 4.98 Å². The molecule has 0 atom stereocenters. The zero-order valence-electron chi connectivity index (χ0n) is 10.5. The van der Waals surface area contributed by atoms with E-state index in [2.05, 4.69) is 4.98 Å². The number of nitrogens with zero attached hydrogens (tertiary/aromatic N) is 2. The van der Waals surface area contributed by atoms with Crippen LogP contribution in [-0.4, -0.2) is 12.1 Å². The van der Waals surface area contributed by atoms with Gasteiger partial charge in [-0.05, 0) is 18.2 Å². The molecule has 0 saturated heterocycles. The molecule has 0 aliphatic heterocycles. The molecule has 96 valence electrons. The van der Waals surface area contributed by atoms with Crippen molar-refractivity contribution in [1.82, 2.24) is 4.98 Å². The molecule has 2 aromatic rings. The van der Waals surface area contributed by atoms with Crippen LogP contribution in [0.5, 0.6) is 11.5 Å². The van der Waals surface area contributed by atoms with Crippen LogP contribution in [0.4, 0.5) is 5.82 Å². The minimum atomic E-state index is 0.294. The third-order valence-electron chi connectivity index (χ3n) is 2.60. The van der Waals surface area contributed by atoms with Crippen molar-refractivity contribution in [1.29, 1.82) is 5.26 Å². The first-order valence-corrected chi connectivity index (χ1v) is 5.65. The highest BCUT2D eigenvalue weighted by atomic mass is 16.5. The quantitative estimate of drug-likeness (QED) is 0.905. The molecule has 1 aromatic heterocycles. The second-order valence-corrected chi connectivity index (χ2v) is 3.81. The van der Waals surface area contributed by atoms with E-state index < -0.39 is 0 Å². The minimum Gasteiger partial charge on any atom is -0.493 e. The number of nitrogen functional groups attached to an aromatic ring is 1. The first kappa shape index (κ1) is 12.7. The Hall–Kier alpha value is -2.74. The largest absolute Gasteiger partial charge is 0.493 e. The number of ether oxygens (including phenoxy) is 2. The topological polar surface area (TPSA) is 81.2 Å². The third kappa shape index (κ3) is 2.93. The van der Waals surface area contributed by atoms with E-state index in [4.69, 9.17) is 20.5 Å². The fraction of sp³-hybridized carbons (Fsp3) is 0.143. The molecule has 5 nitrogen and oxygen atoms in total. The molecule has 0 spiro atoms. The molecular weight excluding hydrogens is 242 g/mol. The predicted octanol–water partition coefficient (Wildman–Crippen LogP) is 2.12. The maximum Gasteiger partial charge on any atom is 0.162 e. The summed E-state index contributed by atoms with van der Waals surface area (Å²) in [5.74, 6) is 1.52. The zero-order valence-corrected chi connectivity index (χ0v) is 10.5. The van der Waals surface area contributed by atoms with Crippen molar-refractivity contribution in [2.45, 2.75) is 6.61 Å². The summed E-state index contributed by atoms with van der Waals surface area (Å²) in [6.45, 7) is 0.294. The summed E-state index contributed by atoms with van der Waals surface area (Å²) in [7, 11) is 1.53. The van der Waals surface area contributed by atoms with Crippen LogP contribution in [0.1, 0.15) is 11.1 Å². The summed E-state index contributed by atoms with van der Waals surface area (Å²) in [4.78, 5) is 3.98. The lowest BCUT2D eigenvalue weighted by Crippen LogP contribution is -2.02. The molecule has 1 aromatic carbocycles. The Morgan fingerprint density at radius 3 is 2.84 bits per heavy atom. The zero-order chi connectivity index (χ0) is 13.7. The summed E-state index contributed by atoms with van der Waals surface area (Å²) < 4.78 is 10.8. The number of hydrogen-bond donors (Lipinski definition) is 1. The molecule has 19 heavy (non-hydrogen) atoms. The Balaban J connectivity index is 2.16. The maximum atomic E-state index is 8.82. The molecule has 0 aliphatic carbocycles. The van der Waals surface area contributed by atoms with Crippen LogP contribution in [0.25, 0.3) is 0 Å². The van der Waals surface area contributed by atoms with E-state index >= 15 is 0 Å². The van der Waals surface area contributed by atoms with Crippen molar-refractivity contribution in [3.63, 3.8) is 0 Å². The van der Waals surface area contributed by atoms with E-state index in [1.54, 1.807) is 30.5 Å². The number of hydrogen-bond acceptors (Lipinski definition) is 5. The fourth-order valence-corrected chi connectivity index (χ4v) is 1.58. The number of benzene rings is 1. The van der Waals surface area contributed by atoms with Crippen LogP contribution in [-0.2, 0) is 6.61 Å².